The predicted octanol–water partition coefficient (Wildman–Crippen LogP) is 3.53. The maximum atomic E-state index is 11.7. The van der Waals surface area contributed by atoms with E-state index in [4.69, 9.17) is 4.74 Å². The van der Waals surface area contributed by atoms with Gasteiger partial charge in [-0.15, -0.1) is 0 Å². The van der Waals surface area contributed by atoms with Crippen LogP contribution in [0.25, 0.3) is 0 Å². The van der Waals surface area contributed by atoms with E-state index < -0.39 is 0 Å². The van der Waals surface area contributed by atoms with Crippen molar-refractivity contribution in [2.24, 2.45) is 5.41 Å². The Labute approximate surface area is 95.5 Å². The molecule has 0 N–H and O–H groups in total. The molecule has 0 aromatic carbocycles. The van der Waals surface area contributed by atoms with Crippen LogP contribution in [0, 0.1) is 5.41 Å². The highest BCUT2D eigenvalue weighted by Gasteiger charge is 2.31. The van der Waals surface area contributed by atoms with Gasteiger partial charge >= 0.3 is 5.97 Å². The molecule has 0 spiro atoms. The number of rotatable bonds is 4. The van der Waals surface area contributed by atoms with Crippen LogP contribution in [0.1, 0.15) is 47.5 Å². The Kier molecular flexibility index (Phi) is 5.13. The van der Waals surface area contributed by atoms with Crippen molar-refractivity contribution >= 4 is 21.9 Å². The van der Waals surface area contributed by atoms with Crippen LogP contribution in [0.15, 0.2) is 0 Å². The molecule has 0 aliphatic heterocycles. The molecule has 0 aromatic rings. The molecule has 0 bridgehead atoms. The van der Waals surface area contributed by atoms with Gasteiger partial charge in [-0.25, -0.2) is 0 Å². The lowest BCUT2D eigenvalue weighted by Gasteiger charge is -2.28. The second-order valence-electron chi connectivity index (χ2n) is 5.18. The molecule has 2 nitrogen and oxygen atoms in total. The molecule has 0 aliphatic rings. The van der Waals surface area contributed by atoms with Crippen molar-refractivity contribution in [1.29, 1.82) is 0 Å². The summed E-state index contributed by atoms with van der Waals surface area (Å²) in [5.74, 6) is -0.106. The molecule has 0 aromatic heterocycles. The van der Waals surface area contributed by atoms with Gasteiger partial charge in [-0.2, -0.15) is 0 Å². The second-order valence-corrected chi connectivity index (χ2v) is 5.97. The molecule has 0 unspecified atom stereocenters. The summed E-state index contributed by atoms with van der Waals surface area (Å²) in [6, 6.07) is 0. The lowest BCUT2D eigenvalue weighted by Crippen LogP contribution is -2.33. The van der Waals surface area contributed by atoms with Crippen LogP contribution in [0.5, 0.6) is 0 Å². The summed E-state index contributed by atoms with van der Waals surface area (Å²) >= 11 is 3.36. The summed E-state index contributed by atoms with van der Waals surface area (Å²) in [7, 11) is 0. The van der Waals surface area contributed by atoms with Crippen molar-refractivity contribution in [3.05, 3.63) is 0 Å². The Morgan fingerprint density at radius 1 is 1.21 bits per heavy atom. The van der Waals surface area contributed by atoms with Crippen molar-refractivity contribution in [3.8, 4) is 0 Å². The van der Waals surface area contributed by atoms with Gasteiger partial charge in [0.25, 0.3) is 0 Å². The highest BCUT2D eigenvalue weighted by atomic mass is 79.9. The van der Waals surface area contributed by atoms with Crippen LogP contribution in [0.2, 0.25) is 0 Å². The largest absolute Gasteiger partial charge is 0.460 e. The summed E-state index contributed by atoms with van der Waals surface area (Å²) in [6.45, 7) is 9.55. The summed E-state index contributed by atoms with van der Waals surface area (Å²) in [4.78, 5) is 11.7. The highest BCUT2D eigenvalue weighted by Crippen LogP contribution is 2.26. The van der Waals surface area contributed by atoms with Crippen LogP contribution in [-0.2, 0) is 9.53 Å². The van der Waals surface area contributed by atoms with Gasteiger partial charge in [0.15, 0.2) is 0 Å². The Balaban J connectivity index is 4.21. The van der Waals surface area contributed by atoms with E-state index in [1.54, 1.807) is 0 Å². The SMILES string of the molecule is CC(C)(C)OC(=O)C(C)(C)CCCBr. The van der Waals surface area contributed by atoms with E-state index in [-0.39, 0.29) is 17.0 Å². The van der Waals surface area contributed by atoms with Crippen molar-refractivity contribution in [1.82, 2.24) is 0 Å². The fraction of sp³-hybridized carbons (Fsp3) is 0.909. The third-order valence-corrected chi connectivity index (χ3v) is 2.45. The predicted molar refractivity (Wildman–Crippen MR) is 62.7 cm³/mol. The lowest BCUT2D eigenvalue weighted by atomic mass is 9.88. The minimum atomic E-state index is -0.386. The molecule has 3 heteroatoms. The first-order chi connectivity index (χ1) is 6.19. The first-order valence-electron chi connectivity index (χ1n) is 4.98. The van der Waals surface area contributed by atoms with E-state index in [0.717, 1.165) is 18.2 Å². The zero-order valence-electron chi connectivity index (χ0n) is 9.82. The van der Waals surface area contributed by atoms with Crippen LogP contribution >= 0.6 is 15.9 Å². The fourth-order valence-corrected chi connectivity index (χ4v) is 1.31. The first-order valence-corrected chi connectivity index (χ1v) is 6.10. The molecule has 84 valence electrons. The summed E-state index contributed by atoms with van der Waals surface area (Å²) in [5.41, 5.74) is -0.760. The Bertz CT molecular complexity index is 192. The summed E-state index contributed by atoms with van der Waals surface area (Å²) < 4.78 is 5.35. The number of esters is 1. The van der Waals surface area contributed by atoms with Crippen molar-refractivity contribution in [2.45, 2.75) is 53.1 Å². The summed E-state index contributed by atoms with van der Waals surface area (Å²) in [5, 5.41) is 0.930. The molecular formula is C11H21BrO2. The van der Waals surface area contributed by atoms with Gasteiger partial charge < -0.3 is 4.74 Å². The second kappa shape index (κ2) is 5.15. The van der Waals surface area contributed by atoms with Crippen LogP contribution in [0.3, 0.4) is 0 Å². The molecule has 0 rings (SSSR count). The normalized spacial score (nSPS) is 12.7. The van der Waals surface area contributed by atoms with Crippen LogP contribution in [-0.4, -0.2) is 16.9 Å². The third-order valence-electron chi connectivity index (χ3n) is 1.89. The number of ether oxygens (including phenoxy) is 1. The van der Waals surface area contributed by atoms with E-state index in [1.807, 2.05) is 34.6 Å². The topological polar surface area (TPSA) is 26.3 Å². The van der Waals surface area contributed by atoms with E-state index in [2.05, 4.69) is 15.9 Å². The number of hydrogen-bond donors (Lipinski definition) is 0. The molecule has 0 radical (unpaired) electrons. The molecule has 0 saturated heterocycles. The van der Waals surface area contributed by atoms with Gasteiger partial charge in [0.2, 0.25) is 0 Å². The van der Waals surface area contributed by atoms with E-state index in [9.17, 15) is 4.79 Å². The molecule has 0 amide bonds. The minimum Gasteiger partial charge on any atom is -0.460 e. The van der Waals surface area contributed by atoms with E-state index in [1.165, 1.54) is 0 Å². The molecule has 0 saturated carbocycles. The smallest absolute Gasteiger partial charge is 0.312 e. The Morgan fingerprint density at radius 3 is 2.07 bits per heavy atom. The molecule has 0 aliphatic carbocycles. The van der Waals surface area contributed by atoms with Crippen molar-refractivity contribution in [3.63, 3.8) is 0 Å². The molecule has 0 atom stereocenters. The fourth-order valence-electron chi connectivity index (χ4n) is 1.03. The standard InChI is InChI=1S/C11H21BrO2/c1-10(2,3)14-9(13)11(4,5)7-6-8-12/h6-8H2,1-5H3. The number of halogens is 1. The molecule has 14 heavy (non-hydrogen) atoms. The quantitative estimate of drug-likeness (QED) is 0.574. The van der Waals surface area contributed by atoms with Crippen LogP contribution < -0.4 is 0 Å². The lowest BCUT2D eigenvalue weighted by molar-refractivity contribution is -0.166. The zero-order chi connectivity index (χ0) is 11.4. The minimum absolute atomic E-state index is 0.106. The van der Waals surface area contributed by atoms with Gasteiger partial charge in [-0.05, 0) is 47.5 Å². The van der Waals surface area contributed by atoms with Crippen molar-refractivity contribution in [2.75, 3.05) is 5.33 Å². The van der Waals surface area contributed by atoms with Gasteiger partial charge in [-0.3, -0.25) is 4.79 Å². The average molecular weight is 265 g/mol. The molecule has 0 heterocycles. The maximum Gasteiger partial charge on any atom is 0.312 e. The number of alkyl halides is 1. The molecule has 0 fully saturated rings. The van der Waals surface area contributed by atoms with Gasteiger partial charge in [0.05, 0.1) is 5.41 Å². The zero-order valence-corrected chi connectivity index (χ0v) is 11.4. The monoisotopic (exact) mass is 264 g/mol. The number of carbonyl (C=O) groups is 1. The molecular weight excluding hydrogens is 244 g/mol. The van der Waals surface area contributed by atoms with Gasteiger partial charge in [0.1, 0.15) is 5.60 Å². The summed E-state index contributed by atoms with van der Waals surface area (Å²) in [6.07, 6.45) is 1.85. The third kappa shape index (κ3) is 5.63. The van der Waals surface area contributed by atoms with Gasteiger partial charge in [-0.1, -0.05) is 15.9 Å². The first kappa shape index (κ1) is 13.9. The maximum absolute atomic E-state index is 11.7. The van der Waals surface area contributed by atoms with E-state index in [0.29, 0.717) is 0 Å². The van der Waals surface area contributed by atoms with Crippen molar-refractivity contribution < 1.29 is 9.53 Å². The Hall–Kier alpha value is -0.0500. The number of carbonyl (C=O) groups excluding carboxylic acids is 1. The van der Waals surface area contributed by atoms with Crippen LogP contribution in [0.4, 0.5) is 0 Å². The Morgan fingerprint density at radius 2 is 1.71 bits per heavy atom. The van der Waals surface area contributed by atoms with E-state index >= 15 is 0 Å². The van der Waals surface area contributed by atoms with Gasteiger partial charge in [0, 0.05) is 5.33 Å². The average Bonchev–Trinajstić information content (AvgIpc) is 1.97. The highest BCUT2D eigenvalue weighted by molar-refractivity contribution is 9.09. The number of hydrogen-bond acceptors (Lipinski definition) is 2.